The Morgan fingerprint density at radius 3 is 2.93 bits per heavy atom. The van der Waals surface area contributed by atoms with Crippen LogP contribution in [0.15, 0.2) is 22.0 Å². The summed E-state index contributed by atoms with van der Waals surface area (Å²) in [6, 6.07) is 3.86. The van der Waals surface area contributed by atoms with Crippen molar-refractivity contribution in [2.24, 2.45) is 0 Å². The van der Waals surface area contributed by atoms with E-state index in [-0.39, 0.29) is 6.61 Å². The smallest absolute Gasteiger partial charge is 0.136 e. The average molecular weight is 273 g/mol. The average Bonchev–Trinajstić information content (AvgIpc) is 2.63. The molecule has 1 heterocycles. The maximum Gasteiger partial charge on any atom is 0.136 e. The minimum absolute atomic E-state index is 0.0613. The van der Waals surface area contributed by atoms with E-state index in [1.54, 1.807) is 18.4 Å². The highest BCUT2D eigenvalue weighted by atomic mass is 79.9. The minimum atomic E-state index is 0.0613. The lowest BCUT2D eigenvalue weighted by molar-refractivity contribution is 0.283. The summed E-state index contributed by atoms with van der Waals surface area (Å²) in [5, 5.41) is 12.2. The van der Waals surface area contributed by atoms with Gasteiger partial charge in [-0.05, 0) is 23.1 Å². The highest BCUT2D eigenvalue weighted by Crippen LogP contribution is 2.38. The van der Waals surface area contributed by atoms with Gasteiger partial charge in [0.15, 0.2) is 0 Å². The number of hydrogen-bond donors (Lipinski definition) is 1. The van der Waals surface area contributed by atoms with Gasteiger partial charge in [-0.3, -0.25) is 0 Å². The van der Waals surface area contributed by atoms with Crippen molar-refractivity contribution >= 4 is 37.4 Å². The number of aliphatic hydroxyl groups excluding tert-OH is 1. The van der Waals surface area contributed by atoms with E-state index in [0.717, 1.165) is 25.9 Å². The number of fused-ring (bicyclic) bond motifs is 1. The highest BCUT2D eigenvalue weighted by molar-refractivity contribution is 9.10. The second kappa shape index (κ2) is 3.88. The Morgan fingerprint density at radius 2 is 2.29 bits per heavy atom. The van der Waals surface area contributed by atoms with E-state index in [1.807, 2.05) is 17.5 Å². The zero-order valence-corrected chi connectivity index (χ0v) is 9.98. The molecule has 0 atom stereocenters. The van der Waals surface area contributed by atoms with Gasteiger partial charge in [0.25, 0.3) is 0 Å². The van der Waals surface area contributed by atoms with Crippen LogP contribution >= 0.6 is 27.3 Å². The first kappa shape index (κ1) is 9.96. The summed E-state index contributed by atoms with van der Waals surface area (Å²) in [6.45, 7) is 0.0613. The molecular weight excluding hydrogens is 264 g/mol. The summed E-state index contributed by atoms with van der Waals surface area (Å²) in [4.78, 5) is 0. The van der Waals surface area contributed by atoms with E-state index < -0.39 is 0 Å². The van der Waals surface area contributed by atoms with Crippen LogP contribution in [0.5, 0.6) is 5.75 Å². The Labute approximate surface area is 94.3 Å². The van der Waals surface area contributed by atoms with Crippen molar-refractivity contribution in [3.05, 3.63) is 27.5 Å². The quantitative estimate of drug-likeness (QED) is 0.910. The number of aliphatic hydroxyl groups is 1. The molecule has 0 fully saturated rings. The Hall–Kier alpha value is -0.580. The molecule has 0 saturated carbocycles. The summed E-state index contributed by atoms with van der Waals surface area (Å²) in [5.41, 5.74) is 0.941. The molecule has 2 nitrogen and oxygen atoms in total. The lowest BCUT2D eigenvalue weighted by Crippen LogP contribution is -1.84. The highest BCUT2D eigenvalue weighted by Gasteiger charge is 2.10. The van der Waals surface area contributed by atoms with Crippen molar-refractivity contribution in [1.82, 2.24) is 0 Å². The van der Waals surface area contributed by atoms with Crippen LogP contribution in [0.4, 0.5) is 0 Å². The third-order valence-corrected chi connectivity index (χ3v) is 3.81. The molecule has 1 aromatic carbocycles. The van der Waals surface area contributed by atoms with Crippen LogP contribution in [0.25, 0.3) is 10.1 Å². The first-order valence-corrected chi connectivity index (χ1v) is 5.78. The lowest BCUT2D eigenvalue weighted by atomic mass is 10.2. The molecule has 0 spiro atoms. The molecule has 0 radical (unpaired) electrons. The van der Waals surface area contributed by atoms with Crippen LogP contribution < -0.4 is 4.74 Å². The Balaban J connectivity index is 2.80. The van der Waals surface area contributed by atoms with E-state index in [4.69, 9.17) is 9.84 Å². The van der Waals surface area contributed by atoms with E-state index in [1.165, 1.54) is 0 Å². The number of halogens is 1. The summed E-state index contributed by atoms with van der Waals surface area (Å²) in [5.74, 6) is 0.855. The number of rotatable bonds is 2. The van der Waals surface area contributed by atoms with E-state index in [0.29, 0.717) is 0 Å². The van der Waals surface area contributed by atoms with Gasteiger partial charge in [-0.2, -0.15) is 0 Å². The first-order chi connectivity index (χ1) is 6.77. The molecule has 2 rings (SSSR count). The topological polar surface area (TPSA) is 29.5 Å². The molecule has 14 heavy (non-hydrogen) atoms. The van der Waals surface area contributed by atoms with Crippen molar-refractivity contribution in [1.29, 1.82) is 0 Å². The van der Waals surface area contributed by atoms with Gasteiger partial charge in [0.05, 0.1) is 18.4 Å². The number of thiophene rings is 1. The Morgan fingerprint density at radius 1 is 1.50 bits per heavy atom. The minimum Gasteiger partial charge on any atom is -0.495 e. The first-order valence-electron chi connectivity index (χ1n) is 4.11. The van der Waals surface area contributed by atoms with Crippen LogP contribution in [0.1, 0.15) is 5.56 Å². The third-order valence-electron chi connectivity index (χ3n) is 2.10. The number of ether oxygens (including phenoxy) is 1. The normalized spacial score (nSPS) is 10.8. The second-order valence-corrected chi connectivity index (χ2v) is 4.61. The van der Waals surface area contributed by atoms with Crippen LogP contribution in [-0.2, 0) is 6.61 Å². The van der Waals surface area contributed by atoms with Gasteiger partial charge in [0.1, 0.15) is 5.75 Å². The molecule has 0 saturated heterocycles. The standard InChI is InChI=1S/C10H9BrO2S/c1-13-8-3-2-7(11)9-6(4-12)5-14-10(8)9/h2-3,5,12H,4H2,1H3. The molecule has 0 amide bonds. The number of methoxy groups -OCH3 is 1. The molecule has 4 heteroatoms. The summed E-state index contributed by atoms with van der Waals surface area (Å²) in [7, 11) is 1.65. The van der Waals surface area contributed by atoms with Crippen LogP contribution in [0.3, 0.4) is 0 Å². The molecule has 2 aromatic rings. The molecule has 1 aromatic heterocycles. The zero-order valence-electron chi connectivity index (χ0n) is 7.58. The van der Waals surface area contributed by atoms with Crippen LogP contribution in [0.2, 0.25) is 0 Å². The summed E-state index contributed by atoms with van der Waals surface area (Å²) in [6.07, 6.45) is 0. The van der Waals surface area contributed by atoms with Crippen molar-refractivity contribution in [3.63, 3.8) is 0 Å². The molecule has 0 bridgehead atoms. The molecular formula is C10H9BrO2S. The van der Waals surface area contributed by atoms with Gasteiger partial charge in [0, 0.05) is 9.86 Å². The van der Waals surface area contributed by atoms with Crippen molar-refractivity contribution in [2.45, 2.75) is 6.61 Å². The molecule has 0 aliphatic heterocycles. The fourth-order valence-corrected chi connectivity index (χ4v) is 3.22. The fourth-order valence-electron chi connectivity index (χ4n) is 1.42. The fraction of sp³-hybridized carbons (Fsp3) is 0.200. The third kappa shape index (κ3) is 1.43. The van der Waals surface area contributed by atoms with E-state index >= 15 is 0 Å². The van der Waals surface area contributed by atoms with Crippen molar-refractivity contribution in [2.75, 3.05) is 7.11 Å². The lowest BCUT2D eigenvalue weighted by Gasteiger charge is -2.03. The Bertz CT molecular complexity index is 464. The number of hydrogen-bond acceptors (Lipinski definition) is 3. The molecule has 0 unspecified atom stereocenters. The molecule has 74 valence electrons. The SMILES string of the molecule is COc1ccc(Br)c2c(CO)csc12. The maximum absolute atomic E-state index is 9.16. The van der Waals surface area contributed by atoms with Gasteiger partial charge in [-0.25, -0.2) is 0 Å². The van der Waals surface area contributed by atoms with Gasteiger partial charge >= 0.3 is 0 Å². The summed E-state index contributed by atoms with van der Waals surface area (Å²) >= 11 is 5.06. The molecule has 1 N–H and O–H groups in total. The van der Waals surface area contributed by atoms with Gasteiger partial charge in [-0.15, -0.1) is 11.3 Å². The van der Waals surface area contributed by atoms with Gasteiger partial charge in [0.2, 0.25) is 0 Å². The van der Waals surface area contributed by atoms with Crippen molar-refractivity contribution in [3.8, 4) is 5.75 Å². The van der Waals surface area contributed by atoms with Crippen molar-refractivity contribution < 1.29 is 9.84 Å². The predicted molar refractivity (Wildman–Crippen MR) is 62.0 cm³/mol. The van der Waals surface area contributed by atoms with Crippen LogP contribution in [-0.4, -0.2) is 12.2 Å². The van der Waals surface area contributed by atoms with E-state index in [2.05, 4.69) is 15.9 Å². The Kier molecular flexibility index (Phi) is 2.76. The molecule has 0 aliphatic carbocycles. The predicted octanol–water partition coefficient (Wildman–Crippen LogP) is 3.16. The monoisotopic (exact) mass is 272 g/mol. The van der Waals surface area contributed by atoms with Gasteiger partial charge < -0.3 is 9.84 Å². The largest absolute Gasteiger partial charge is 0.495 e. The van der Waals surface area contributed by atoms with Gasteiger partial charge in [-0.1, -0.05) is 15.9 Å². The summed E-state index contributed by atoms with van der Waals surface area (Å²) < 4.78 is 7.32. The maximum atomic E-state index is 9.16. The number of benzene rings is 1. The van der Waals surface area contributed by atoms with E-state index in [9.17, 15) is 0 Å². The molecule has 0 aliphatic rings. The zero-order chi connectivity index (χ0) is 10.1. The van der Waals surface area contributed by atoms with Crippen LogP contribution in [0, 0.1) is 0 Å². The second-order valence-electron chi connectivity index (χ2n) is 2.87.